The van der Waals surface area contributed by atoms with Crippen LogP contribution in [0.2, 0.25) is 5.02 Å². The first-order valence-corrected chi connectivity index (χ1v) is 10.6. The van der Waals surface area contributed by atoms with Crippen molar-refractivity contribution in [1.29, 1.82) is 0 Å². The topological polar surface area (TPSA) is 70.4 Å². The number of fused-ring (bicyclic) bond motifs is 3. The number of aromatic nitrogens is 2. The van der Waals surface area contributed by atoms with Crippen molar-refractivity contribution in [2.45, 2.75) is 32.4 Å². The quantitative estimate of drug-likeness (QED) is 0.665. The van der Waals surface area contributed by atoms with Crippen LogP contribution in [-0.2, 0) is 13.0 Å². The van der Waals surface area contributed by atoms with Crippen molar-refractivity contribution >= 4 is 39.1 Å². The second kappa shape index (κ2) is 7.83. The van der Waals surface area contributed by atoms with Gasteiger partial charge in [-0.2, -0.15) is 0 Å². The number of hydrogen-bond donors (Lipinski definition) is 2. The summed E-state index contributed by atoms with van der Waals surface area (Å²) >= 11 is 7.76. The van der Waals surface area contributed by atoms with Gasteiger partial charge in [0.15, 0.2) is 0 Å². The summed E-state index contributed by atoms with van der Waals surface area (Å²) in [4.78, 5) is 22.5. The molecule has 4 rings (SSSR count). The second-order valence-corrected chi connectivity index (χ2v) is 8.69. The molecule has 0 amide bonds. The van der Waals surface area contributed by atoms with Crippen molar-refractivity contribution in [3.05, 3.63) is 50.1 Å². The lowest BCUT2D eigenvalue weighted by Gasteiger charge is -2.22. The average Bonchev–Trinajstić information content (AvgIpc) is 3.03. The predicted octanol–water partition coefficient (Wildman–Crippen LogP) is 3.27. The zero-order valence-electron chi connectivity index (χ0n) is 15.9. The molecule has 1 aliphatic rings. The monoisotopic (exact) mass is 418 g/mol. The van der Waals surface area contributed by atoms with Gasteiger partial charge in [0.25, 0.3) is 5.56 Å². The van der Waals surface area contributed by atoms with Crippen LogP contribution >= 0.6 is 22.9 Å². The lowest BCUT2D eigenvalue weighted by molar-refractivity contribution is 0.183. The first-order valence-electron chi connectivity index (χ1n) is 9.41. The Labute approximate surface area is 172 Å². The molecule has 148 valence electrons. The fourth-order valence-electron chi connectivity index (χ4n) is 3.50. The Morgan fingerprint density at radius 3 is 3.00 bits per heavy atom. The van der Waals surface area contributed by atoms with E-state index in [4.69, 9.17) is 16.6 Å². The third kappa shape index (κ3) is 3.55. The van der Waals surface area contributed by atoms with Crippen LogP contribution in [0.4, 0.5) is 5.95 Å². The highest BCUT2D eigenvalue weighted by molar-refractivity contribution is 7.18. The van der Waals surface area contributed by atoms with Crippen molar-refractivity contribution < 1.29 is 5.11 Å². The number of thiophene rings is 1. The molecule has 1 aliphatic heterocycles. The lowest BCUT2D eigenvalue weighted by atomic mass is 10.1. The van der Waals surface area contributed by atoms with Gasteiger partial charge in [-0.25, -0.2) is 9.55 Å². The Morgan fingerprint density at radius 2 is 2.25 bits per heavy atom. The zero-order chi connectivity index (χ0) is 19.8. The smallest absolute Gasteiger partial charge is 0.268 e. The van der Waals surface area contributed by atoms with Crippen molar-refractivity contribution in [3.8, 4) is 5.69 Å². The van der Waals surface area contributed by atoms with Crippen LogP contribution in [0.3, 0.4) is 0 Å². The molecule has 0 radical (unpaired) electrons. The van der Waals surface area contributed by atoms with Crippen molar-refractivity contribution in [2.24, 2.45) is 0 Å². The van der Waals surface area contributed by atoms with Crippen molar-refractivity contribution in [2.75, 3.05) is 25.5 Å². The third-order valence-corrected chi connectivity index (χ3v) is 6.44. The van der Waals surface area contributed by atoms with Gasteiger partial charge >= 0.3 is 0 Å². The second-order valence-electron chi connectivity index (χ2n) is 7.17. The van der Waals surface area contributed by atoms with Crippen LogP contribution < -0.4 is 10.9 Å². The molecule has 2 aromatic heterocycles. The molecule has 0 saturated heterocycles. The van der Waals surface area contributed by atoms with Gasteiger partial charge in [-0.1, -0.05) is 24.6 Å². The Balaban J connectivity index is 1.92. The molecule has 6 nitrogen and oxygen atoms in total. The molecule has 1 unspecified atom stereocenters. The van der Waals surface area contributed by atoms with Crippen LogP contribution in [0.25, 0.3) is 15.9 Å². The normalized spacial score (nSPS) is 15.6. The number of benzene rings is 1. The van der Waals surface area contributed by atoms with E-state index in [2.05, 4.69) is 17.3 Å². The minimum atomic E-state index is -0.509. The summed E-state index contributed by atoms with van der Waals surface area (Å²) in [7, 11) is 2.09. The number of rotatable bonds is 5. The van der Waals surface area contributed by atoms with E-state index in [-0.39, 0.29) is 5.56 Å². The molecule has 1 aromatic carbocycles. The minimum absolute atomic E-state index is 0.0946. The van der Waals surface area contributed by atoms with E-state index in [1.807, 2.05) is 19.1 Å². The van der Waals surface area contributed by atoms with Gasteiger partial charge < -0.3 is 15.3 Å². The number of halogens is 1. The van der Waals surface area contributed by atoms with E-state index in [0.29, 0.717) is 35.0 Å². The van der Waals surface area contributed by atoms with Crippen LogP contribution in [0, 0.1) is 0 Å². The van der Waals surface area contributed by atoms with Gasteiger partial charge in [-0.3, -0.25) is 4.79 Å². The maximum atomic E-state index is 13.6. The Bertz CT molecular complexity index is 1080. The molecule has 28 heavy (non-hydrogen) atoms. The summed E-state index contributed by atoms with van der Waals surface area (Å²) in [5.74, 6) is 0.430. The lowest BCUT2D eigenvalue weighted by Crippen LogP contribution is -2.28. The molecule has 3 heterocycles. The van der Waals surface area contributed by atoms with Gasteiger partial charge in [0.05, 0.1) is 17.2 Å². The van der Waals surface area contributed by atoms with Gasteiger partial charge in [-0.15, -0.1) is 11.3 Å². The molecule has 0 spiro atoms. The molecule has 2 N–H and O–H groups in total. The number of hydrogen-bond acceptors (Lipinski definition) is 6. The van der Waals surface area contributed by atoms with Crippen LogP contribution in [0.15, 0.2) is 29.1 Å². The third-order valence-electron chi connectivity index (χ3n) is 5.10. The summed E-state index contributed by atoms with van der Waals surface area (Å²) in [6.07, 6.45) is 0.959. The van der Waals surface area contributed by atoms with Crippen LogP contribution in [0.5, 0.6) is 0 Å². The molecular weight excluding hydrogens is 396 g/mol. The van der Waals surface area contributed by atoms with Crippen LogP contribution in [-0.4, -0.2) is 45.8 Å². The van der Waals surface area contributed by atoms with Crippen LogP contribution in [0.1, 0.15) is 23.8 Å². The van der Waals surface area contributed by atoms with Crippen molar-refractivity contribution in [3.63, 3.8) is 0 Å². The van der Waals surface area contributed by atoms with E-state index in [0.717, 1.165) is 29.9 Å². The Kier molecular flexibility index (Phi) is 5.42. The summed E-state index contributed by atoms with van der Waals surface area (Å²) in [5.41, 5.74) is 1.68. The summed E-state index contributed by atoms with van der Waals surface area (Å²) in [6.45, 7) is 4.00. The van der Waals surface area contributed by atoms with E-state index in [1.165, 1.54) is 4.88 Å². The molecule has 0 bridgehead atoms. The Hall–Kier alpha value is -1.93. The standard InChI is InChI=1S/C20H23ClN4O2S/c1-3-14(26)10-22-20-23-18-17(15-7-8-24(2)11-16(15)28-18)19(27)25(20)13-6-4-5-12(21)9-13/h4-6,9,14,26H,3,7-8,10-11H2,1-2H3,(H,22,23). The number of anilines is 1. The van der Waals surface area contributed by atoms with E-state index in [9.17, 15) is 9.90 Å². The minimum Gasteiger partial charge on any atom is -0.391 e. The Morgan fingerprint density at radius 1 is 1.43 bits per heavy atom. The van der Waals surface area contributed by atoms with E-state index in [1.54, 1.807) is 28.0 Å². The molecule has 3 aromatic rings. The SMILES string of the molecule is CCC(O)CNc1nc2sc3c(c2c(=O)n1-c1cccc(Cl)c1)CCN(C)C3. The largest absolute Gasteiger partial charge is 0.391 e. The van der Waals surface area contributed by atoms with Crippen molar-refractivity contribution in [1.82, 2.24) is 14.5 Å². The highest BCUT2D eigenvalue weighted by atomic mass is 35.5. The molecular formula is C20H23ClN4O2S. The summed E-state index contributed by atoms with van der Waals surface area (Å²) in [6, 6.07) is 7.19. The number of aliphatic hydroxyl groups is 1. The predicted molar refractivity (Wildman–Crippen MR) is 115 cm³/mol. The molecule has 8 heteroatoms. The first kappa shape index (κ1) is 19.4. The first-order chi connectivity index (χ1) is 13.5. The highest BCUT2D eigenvalue weighted by Crippen LogP contribution is 2.33. The average molecular weight is 419 g/mol. The number of likely N-dealkylation sites (N-methyl/N-ethyl adjacent to an activating group) is 1. The van der Waals surface area contributed by atoms with E-state index >= 15 is 0 Å². The van der Waals surface area contributed by atoms with Gasteiger partial charge in [0.1, 0.15) is 4.83 Å². The maximum Gasteiger partial charge on any atom is 0.268 e. The van der Waals surface area contributed by atoms with Gasteiger partial charge in [-0.05, 0) is 43.7 Å². The fourth-order valence-corrected chi connectivity index (χ4v) is 4.97. The molecule has 1 atom stereocenters. The summed E-state index contributed by atoms with van der Waals surface area (Å²) < 4.78 is 1.57. The zero-order valence-corrected chi connectivity index (χ0v) is 17.5. The summed E-state index contributed by atoms with van der Waals surface area (Å²) in [5, 5.41) is 14.4. The maximum absolute atomic E-state index is 13.6. The molecule has 0 saturated carbocycles. The number of nitrogens with zero attached hydrogens (tertiary/aromatic N) is 3. The van der Waals surface area contributed by atoms with E-state index < -0.39 is 6.10 Å². The highest BCUT2D eigenvalue weighted by Gasteiger charge is 2.24. The number of aliphatic hydroxyl groups excluding tert-OH is 1. The van der Waals surface area contributed by atoms with Gasteiger partial charge in [0.2, 0.25) is 5.95 Å². The molecule has 0 aliphatic carbocycles. The molecule has 0 fully saturated rings. The number of nitrogens with one attached hydrogen (secondary N) is 1. The fraction of sp³-hybridized carbons (Fsp3) is 0.400. The van der Waals surface area contributed by atoms with Gasteiger partial charge in [0, 0.05) is 29.5 Å².